The minimum atomic E-state index is -4.79. The second-order valence-corrected chi connectivity index (χ2v) is 16.5. The van der Waals surface area contributed by atoms with E-state index in [0.29, 0.717) is 63.2 Å². The van der Waals surface area contributed by atoms with Crippen molar-refractivity contribution in [2.24, 2.45) is 5.92 Å². The van der Waals surface area contributed by atoms with Crippen molar-refractivity contribution >= 4 is 52.2 Å². The van der Waals surface area contributed by atoms with Crippen LogP contribution in [-0.2, 0) is 44.6 Å². The molecule has 3 amide bonds. The van der Waals surface area contributed by atoms with E-state index < -0.39 is 28.7 Å². The summed E-state index contributed by atoms with van der Waals surface area (Å²) in [7, 11) is 0. The summed E-state index contributed by atoms with van der Waals surface area (Å²) < 4.78 is 47.7. The lowest BCUT2D eigenvalue weighted by atomic mass is 9.90. The minimum Gasteiger partial charge on any atom is -0.492 e. The summed E-state index contributed by atoms with van der Waals surface area (Å²) in [5.74, 6) is -0.427. The largest absolute Gasteiger partial charge is 0.492 e. The molecule has 3 fully saturated rings. The lowest BCUT2D eigenvalue weighted by Crippen LogP contribution is -2.58. The van der Waals surface area contributed by atoms with Gasteiger partial charge in [-0.25, -0.2) is 0 Å². The van der Waals surface area contributed by atoms with Crippen LogP contribution >= 0.6 is 12.2 Å². The van der Waals surface area contributed by atoms with Crippen molar-refractivity contribution in [1.82, 2.24) is 15.1 Å². The van der Waals surface area contributed by atoms with Gasteiger partial charge < -0.3 is 9.64 Å². The average molecular weight is 831 g/mol. The third-order valence-electron chi connectivity index (χ3n) is 11.5. The number of Topliss-reactive ketones (excluding diaryl/α,β-unsaturated/α-hetero) is 1. The molecule has 312 valence electrons. The van der Waals surface area contributed by atoms with Crippen molar-refractivity contribution in [3.8, 4) is 11.8 Å². The van der Waals surface area contributed by atoms with E-state index in [0.717, 1.165) is 46.8 Å². The Balaban J connectivity index is 1.03. The number of hydrogen-bond donors (Lipinski definition) is 1. The van der Waals surface area contributed by atoms with Crippen molar-refractivity contribution in [1.29, 1.82) is 5.26 Å². The molecule has 3 aliphatic rings. The number of carbonyl (C=O) groups is 4. The minimum absolute atomic E-state index is 0.0221. The zero-order chi connectivity index (χ0) is 42.8. The summed E-state index contributed by atoms with van der Waals surface area (Å²) in [6.07, 6.45) is -2.50. The summed E-state index contributed by atoms with van der Waals surface area (Å²) in [6, 6.07) is 18.2. The highest BCUT2D eigenvalue weighted by Gasteiger charge is 2.51. The fourth-order valence-electron chi connectivity index (χ4n) is 8.40. The number of imide groups is 1. The van der Waals surface area contributed by atoms with Crippen LogP contribution in [0.15, 0.2) is 60.7 Å². The number of ketones is 1. The van der Waals surface area contributed by atoms with Crippen LogP contribution in [0, 0.1) is 17.2 Å². The SMILES string of the molecule is CCc1cc(N2C(=S)N(c3ccc(C#N)c(C(F)(F)F)c3)C(=O)C2(C)C)ccc1OCCN1C[C@@H](C)N(CC(=O)Cc2cccc(CC3CCC(=O)NC3=O)c2)[C@@H](C)C1. The van der Waals surface area contributed by atoms with Crippen LogP contribution in [0.2, 0.25) is 0 Å². The van der Waals surface area contributed by atoms with Gasteiger partial charge in [0.25, 0.3) is 5.91 Å². The van der Waals surface area contributed by atoms with Gasteiger partial charge in [0, 0.05) is 56.2 Å². The van der Waals surface area contributed by atoms with E-state index >= 15 is 0 Å². The molecule has 0 aliphatic carbocycles. The lowest BCUT2D eigenvalue weighted by molar-refractivity contribution is -0.138. The fraction of sp³-hybridized carbons (Fsp3) is 0.455. The van der Waals surface area contributed by atoms with Crippen molar-refractivity contribution in [2.45, 2.75) is 90.5 Å². The zero-order valence-electron chi connectivity index (χ0n) is 33.9. The molecule has 0 aromatic heterocycles. The summed E-state index contributed by atoms with van der Waals surface area (Å²) >= 11 is 5.73. The molecule has 0 saturated carbocycles. The van der Waals surface area contributed by atoms with Gasteiger partial charge >= 0.3 is 6.18 Å². The van der Waals surface area contributed by atoms with Crippen LogP contribution in [0.4, 0.5) is 24.5 Å². The molecule has 3 aliphatic heterocycles. The van der Waals surface area contributed by atoms with E-state index in [-0.39, 0.29) is 46.4 Å². The number of thiocarbonyl (C=S) groups is 1. The lowest BCUT2D eigenvalue weighted by Gasteiger charge is -2.44. The number of nitrogens with one attached hydrogen (secondary N) is 1. The number of anilines is 2. The van der Waals surface area contributed by atoms with Gasteiger partial charge in [-0.05, 0) is 112 Å². The molecule has 15 heteroatoms. The van der Waals surface area contributed by atoms with Gasteiger partial charge in [0.05, 0.1) is 29.4 Å². The molecule has 3 aromatic rings. The molecule has 1 unspecified atom stereocenters. The van der Waals surface area contributed by atoms with Gasteiger partial charge in [-0.3, -0.25) is 39.2 Å². The summed E-state index contributed by atoms with van der Waals surface area (Å²) in [5, 5.41) is 11.7. The molecule has 3 heterocycles. The number of nitrogens with zero attached hydrogens (tertiary/aromatic N) is 5. The molecule has 3 aromatic carbocycles. The van der Waals surface area contributed by atoms with Gasteiger partial charge in [0.2, 0.25) is 11.8 Å². The number of piperidine rings is 1. The smallest absolute Gasteiger partial charge is 0.417 e. The maximum absolute atomic E-state index is 13.8. The number of piperazine rings is 1. The van der Waals surface area contributed by atoms with Crippen LogP contribution in [-0.4, -0.2) is 88.8 Å². The second-order valence-electron chi connectivity index (χ2n) is 16.2. The second kappa shape index (κ2) is 17.6. The number of aryl methyl sites for hydroxylation is 1. The Hall–Kier alpha value is -5.17. The Kier molecular flexibility index (Phi) is 12.9. The number of carbonyl (C=O) groups excluding carboxylic acids is 4. The number of hydrogen-bond acceptors (Lipinski definition) is 9. The predicted octanol–water partition coefficient (Wildman–Crippen LogP) is 6.24. The average Bonchev–Trinajstić information content (AvgIpc) is 3.35. The first-order valence-electron chi connectivity index (χ1n) is 19.9. The molecule has 6 rings (SSSR count). The normalized spacial score (nSPS) is 21.4. The van der Waals surface area contributed by atoms with Gasteiger partial charge in [0.1, 0.15) is 17.9 Å². The Morgan fingerprint density at radius 3 is 2.36 bits per heavy atom. The standard InChI is InChI=1S/C44H49F3N6O5S/c1-6-31-21-35(53-42(59)52(41(57)43(53,4)5)34-12-10-33(23-48)37(22-34)44(45,46)47)13-14-38(31)58-17-16-50-24-27(2)51(28(3)25-50)26-36(54)20-30-9-7-8-29(18-30)19-32-11-15-39(55)49-40(32)56/h7-10,12-14,18,21-22,27-28,32H,6,11,15-17,19-20,24-26H2,1-5H3,(H,49,55,56)/t27-,28+,32?. The fourth-order valence-corrected chi connectivity index (χ4v) is 8.92. The van der Waals surface area contributed by atoms with E-state index in [9.17, 15) is 37.6 Å². The van der Waals surface area contributed by atoms with E-state index in [2.05, 4.69) is 29.0 Å². The highest BCUT2D eigenvalue weighted by molar-refractivity contribution is 7.81. The number of amides is 3. The van der Waals surface area contributed by atoms with Gasteiger partial charge in [-0.1, -0.05) is 31.2 Å². The monoisotopic (exact) mass is 830 g/mol. The van der Waals surface area contributed by atoms with E-state index in [1.165, 1.54) is 6.07 Å². The Morgan fingerprint density at radius 2 is 1.69 bits per heavy atom. The summed E-state index contributed by atoms with van der Waals surface area (Å²) in [6.45, 7) is 12.5. The number of benzene rings is 3. The Morgan fingerprint density at radius 1 is 1.00 bits per heavy atom. The first kappa shape index (κ1) is 43.4. The molecule has 0 radical (unpaired) electrons. The van der Waals surface area contributed by atoms with Crippen molar-refractivity contribution in [3.63, 3.8) is 0 Å². The molecule has 1 N–H and O–H groups in total. The Labute approximate surface area is 348 Å². The molecule has 3 saturated heterocycles. The quantitative estimate of drug-likeness (QED) is 0.157. The van der Waals surface area contributed by atoms with Crippen molar-refractivity contribution in [2.75, 3.05) is 42.6 Å². The first-order valence-corrected chi connectivity index (χ1v) is 20.3. The highest BCUT2D eigenvalue weighted by atomic mass is 32.1. The van der Waals surface area contributed by atoms with Gasteiger partial charge in [-0.2, -0.15) is 18.4 Å². The third-order valence-corrected chi connectivity index (χ3v) is 11.8. The number of halogens is 3. The van der Waals surface area contributed by atoms with Gasteiger partial charge in [-0.15, -0.1) is 0 Å². The van der Waals surface area contributed by atoms with Crippen LogP contribution in [0.3, 0.4) is 0 Å². The van der Waals surface area contributed by atoms with E-state index in [1.54, 1.807) is 30.9 Å². The van der Waals surface area contributed by atoms with Crippen molar-refractivity contribution < 1.29 is 37.1 Å². The zero-order valence-corrected chi connectivity index (χ0v) is 34.7. The Bertz CT molecular complexity index is 2180. The van der Waals surface area contributed by atoms with Crippen LogP contribution in [0.5, 0.6) is 5.75 Å². The first-order chi connectivity index (χ1) is 27.9. The molecule has 0 bridgehead atoms. The third kappa shape index (κ3) is 9.51. The molecule has 11 nitrogen and oxygen atoms in total. The molecule has 3 atom stereocenters. The molecule has 0 spiro atoms. The number of ether oxygens (including phenoxy) is 1. The predicted molar refractivity (Wildman–Crippen MR) is 221 cm³/mol. The number of alkyl halides is 3. The van der Waals surface area contributed by atoms with Crippen LogP contribution in [0.1, 0.15) is 75.3 Å². The molecule has 59 heavy (non-hydrogen) atoms. The topological polar surface area (TPSA) is 126 Å². The van der Waals surface area contributed by atoms with Crippen molar-refractivity contribution in [3.05, 3.63) is 88.5 Å². The maximum atomic E-state index is 13.8. The van der Waals surface area contributed by atoms with E-state index in [4.69, 9.17) is 17.0 Å². The molecular formula is C44H49F3N6O5S. The van der Waals surface area contributed by atoms with E-state index in [1.807, 2.05) is 43.3 Å². The maximum Gasteiger partial charge on any atom is 0.417 e. The highest BCUT2D eigenvalue weighted by Crippen LogP contribution is 2.40. The number of rotatable bonds is 13. The number of nitriles is 1. The summed E-state index contributed by atoms with van der Waals surface area (Å²) in [5.41, 5.74) is 0.373. The van der Waals surface area contributed by atoms with Gasteiger partial charge in [0.15, 0.2) is 10.9 Å². The molecular weight excluding hydrogens is 782 g/mol. The van der Waals surface area contributed by atoms with Crippen LogP contribution in [0.25, 0.3) is 0 Å². The van der Waals surface area contributed by atoms with Crippen LogP contribution < -0.4 is 19.9 Å². The summed E-state index contributed by atoms with van der Waals surface area (Å²) in [4.78, 5) is 58.1.